The molecule has 1 saturated carbocycles. The Labute approximate surface area is 199 Å². The van der Waals surface area contributed by atoms with Gasteiger partial charge in [0.2, 0.25) is 5.91 Å². The van der Waals surface area contributed by atoms with Crippen LogP contribution >= 0.6 is 11.3 Å². The molecule has 1 aromatic carbocycles. The van der Waals surface area contributed by atoms with Gasteiger partial charge in [0.15, 0.2) is 0 Å². The maximum Gasteiger partial charge on any atom is 0.222 e. The lowest BCUT2D eigenvalue weighted by atomic mass is 9.90. The molecule has 0 saturated heterocycles. The highest BCUT2D eigenvalue weighted by Crippen LogP contribution is 2.37. The van der Waals surface area contributed by atoms with Crippen LogP contribution in [0.1, 0.15) is 63.6 Å². The number of hydrogen-bond acceptors (Lipinski definition) is 3. The van der Waals surface area contributed by atoms with Gasteiger partial charge in [-0.3, -0.25) is 4.79 Å². The molecular weight excluding hydrogens is 433 g/mol. The van der Waals surface area contributed by atoms with Gasteiger partial charge in [-0.15, -0.1) is 11.3 Å². The van der Waals surface area contributed by atoms with Gasteiger partial charge in [-0.25, -0.2) is 9.37 Å². The van der Waals surface area contributed by atoms with Crippen LogP contribution in [0.4, 0.5) is 4.39 Å². The fourth-order valence-corrected chi connectivity index (χ4v) is 6.30. The number of alkyl halides is 1. The molecule has 2 aromatic heterocycles. The van der Waals surface area contributed by atoms with Gasteiger partial charge >= 0.3 is 0 Å². The molecule has 5 rings (SSSR count). The van der Waals surface area contributed by atoms with Crippen LogP contribution in [-0.4, -0.2) is 27.7 Å². The minimum Gasteiger partial charge on any atom is -0.353 e. The largest absolute Gasteiger partial charge is 0.353 e. The monoisotopic (exact) mass is 467 g/mol. The molecule has 0 bridgehead atoms. The normalized spacial score (nSPS) is 23.5. The number of aromatic nitrogens is 2. The zero-order chi connectivity index (χ0) is 22.9. The molecular formula is C27H34FN3OS. The molecule has 176 valence electrons. The first-order valence-electron chi connectivity index (χ1n) is 12.5. The Balaban J connectivity index is 1.52. The van der Waals surface area contributed by atoms with E-state index in [4.69, 9.17) is 0 Å². The lowest BCUT2D eigenvalue weighted by Gasteiger charge is -2.27. The number of benzene rings is 1. The topological polar surface area (TPSA) is 46.9 Å². The summed E-state index contributed by atoms with van der Waals surface area (Å²) in [6, 6.07) is 6.85. The number of nitrogens with one attached hydrogen (secondary N) is 1. The van der Waals surface area contributed by atoms with Gasteiger partial charge < -0.3 is 9.88 Å². The molecule has 3 unspecified atom stereocenters. The predicted octanol–water partition coefficient (Wildman–Crippen LogP) is 6.31. The first-order valence-corrected chi connectivity index (χ1v) is 13.4. The van der Waals surface area contributed by atoms with E-state index in [0.29, 0.717) is 12.3 Å². The maximum absolute atomic E-state index is 14.4. The van der Waals surface area contributed by atoms with Crippen LogP contribution in [0.25, 0.3) is 21.5 Å². The van der Waals surface area contributed by atoms with Gasteiger partial charge in [0, 0.05) is 52.2 Å². The summed E-state index contributed by atoms with van der Waals surface area (Å²) in [5.41, 5.74) is 5.13. The Kier molecular flexibility index (Phi) is 6.55. The summed E-state index contributed by atoms with van der Waals surface area (Å²) in [6.45, 7) is 4.78. The highest BCUT2D eigenvalue weighted by atomic mass is 32.1. The van der Waals surface area contributed by atoms with Gasteiger partial charge in [-0.1, -0.05) is 26.7 Å². The van der Waals surface area contributed by atoms with Crippen LogP contribution in [0.3, 0.4) is 0 Å². The van der Waals surface area contributed by atoms with Crippen molar-refractivity contribution in [3.05, 3.63) is 41.0 Å². The first-order chi connectivity index (χ1) is 16.0. The Hall–Kier alpha value is -2.21. The van der Waals surface area contributed by atoms with Crippen molar-refractivity contribution in [2.45, 2.75) is 84.0 Å². The standard InChI is InChI=1S/C27H34FN3OS/c1-17(2)26(32)30-21-8-10-25-23(15-21)22-14-19(27-29-11-12-33-27)7-9-24(22)31(25)16-18-5-3-4-6-20(28)13-18/h7,9,11-12,14,17-18,20-21H,3-6,8,10,13,15-16H2,1-2H3,(H,30,32). The van der Waals surface area contributed by atoms with E-state index in [1.165, 1.54) is 22.2 Å². The molecule has 1 N–H and O–H groups in total. The first kappa shape index (κ1) is 22.6. The van der Waals surface area contributed by atoms with Crippen LogP contribution in [0, 0.1) is 11.8 Å². The molecule has 2 aliphatic carbocycles. The van der Waals surface area contributed by atoms with E-state index >= 15 is 0 Å². The zero-order valence-corrected chi connectivity index (χ0v) is 20.5. The average molecular weight is 468 g/mol. The van der Waals surface area contributed by atoms with Crippen molar-refractivity contribution in [2.75, 3.05) is 0 Å². The van der Waals surface area contributed by atoms with Crippen LogP contribution in [-0.2, 0) is 24.2 Å². The zero-order valence-electron chi connectivity index (χ0n) is 19.6. The Morgan fingerprint density at radius 2 is 2.12 bits per heavy atom. The second-order valence-corrected chi connectivity index (χ2v) is 11.1. The van der Waals surface area contributed by atoms with Crippen LogP contribution in [0.15, 0.2) is 29.8 Å². The molecule has 1 fully saturated rings. The molecule has 0 aliphatic heterocycles. The second-order valence-electron chi connectivity index (χ2n) is 10.2. The maximum atomic E-state index is 14.4. The number of carbonyl (C=O) groups excluding carboxylic acids is 1. The number of nitrogens with zero attached hydrogens (tertiary/aromatic N) is 2. The van der Waals surface area contributed by atoms with Gasteiger partial charge in [-0.05, 0) is 68.2 Å². The van der Waals surface area contributed by atoms with Crippen molar-refractivity contribution in [3.8, 4) is 10.6 Å². The van der Waals surface area contributed by atoms with Crippen molar-refractivity contribution in [2.24, 2.45) is 11.8 Å². The molecule has 6 heteroatoms. The summed E-state index contributed by atoms with van der Waals surface area (Å²) >= 11 is 1.66. The quantitative estimate of drug-likeness (QED) is 0.447. The number of amides is 1. The molecule has 2 heterocycles. The molecule has 2 aliphatic rings. The smallest absolute Gasteiger partial charge is 0.222 e. The summed E-state index contributed by atoms with van der Waals surface area (Å²) in [7, 11) is 0. The third-order valence-corrected chi connectivity index (χ3v) is 8.25. The highest BCUT2D eigenvalue weighted by Gasteiger charge is 2.29. The molecule has 4 nitrogen and oxygen atoms in total. The van der Waals surface area contributed by atoms with Crippen LogP contribution < -0.4 is 5.32 Å². The van der Waals surface area contributed by atoms with E-state index in [-0.39, 0.29) is 17.9 Å². The summed E-state index contributed by atoms with van der Waals surface area (Å²) < 4.78 is 16.9. The third-order valence-electron chi connectivity index (χ3n) is 7.43. The van der Waals surface area contributed by atoms with E-state index in [1.54, 1.807) is 11.3 Å². The van der Waals surface area contributed by atoms with E-state index in [0.717, 1.165) is 62.1 Å². The summed E-state index contributed by atoms with van der Waals surface area (Å²) in [4.78, 5) is 16.9. The minimum absolute atomic E-state index is 0.00636. The number of hydrogen-bond donors (Lipinski definition) is 1. The number of fused-ring (bicyclic) bond motifs is 3. The minimum atomic E-state index is -0.665. The van der Waals surface area contributed by atoms with Gasteiger partial charge in [0.25, 0.3) is 0 Å². The highest BCUT2D eigenvalue weighted by molar-refractivity contribution is 7.13. The lowest BCUT2D eigenvalue weighted by Crippen LogP contribution is -2.41. The van der Waals surface area contributed by atoms with E-state index < -0.39 is 6.17 Å². The molecule has 0 spiro atoms. The van der Waals surface area contributed by atoms with E-state index in [1.807, 2.05) is 25.4 Å². The fraction of sp³-hybridized carbons (Fsp3) is 0.556. The summed E-state index contributed by atoms with van der Waals surface area (Å²) in [5, 5.41) is 7.57. The van der Waals surface area contributed by atoms with Crippen molar-refractivity contribution in [1.29, 1.82) is 0 Å². The average Bonchev–Trinajstić information content (AvgIpc) is 3.38. The van der Waals surface area contributed by atoms with Crippen molar-refractivity contribution >= 4 is 28.1 Å². The lowest BCUT2D eigenvalue weighted by molar-refractivity contribution is -0.124. The van der Waals surface area contributed by atoms with E-state index in [9.17, 15) is 9.18 Å². The number of rotatable bonds is 5. The number of thiazole rings is 1. The SMILES string of the molecule is CC(C)C(=O)NC1CCc2c(c3cc(-c4nccs4)ccc3n2CC2CCCCC(F)C2)C1. The van der Waals surface area contributed by atoms with Gasteiger partial charge in [0.05, 0.1) is 0 Å². The van der Waals surface area contributed by atoms with Crippen molar-refractivity contribution in [1.82, 2.24) is 14.9 Å². The Morgan fingerprint density at radius 3 is 2.91 bits per heavy atom. The number of carbonyl (C=O) groups is 1. The van der Waals surface area contributed by atoms with Crippen molar-refractivity contribution < 1.29 is 9.18 Å². The molecule has 0 radical (unpaired) electrons. The molecule has 1 amide bonds. The van der Waals surface area contributed by atoms with E-state index in [2.05, 4.69) is 33.1 Å². The second kappa shape index (κ2) is 9.57. The molecule has 33 heavy (non-hydrogen) atoms. The van der Waals surface area contributed by atoms with Crippen LogP contribution in [0.5, 0.6) is 0 Å². The van der Waals surface area contributed by atoms with Crippen LogP contribution in [0.2, 0.25) is 0 Å². The summed E-state index contributed by atoms with van der Waals surface area (Å²) in [5.74, 6) is 0.510. The summed E-state index contributed by atoms with van der Waals surface area (Å²) in [6.07, 6.45) is 8.59. The predicted molar refractivity (Wildman–Crippen MR) is 133 cm³/mol. The fourth-order valence-electron chi connectivity index (χ4n) is 5.67. The number of halogens is 1. The van der Waals surface area contributed by atoms with Gasteiger partial charge in [0.1, 0.15) is 11.2 Å². The third kappa shape index (κ3) is 4.72. The van der Waals surface area contributed by atoms with Gasteiger partial charge in [-0.2, -0.15) is 0 Å². The molecule has 3 aromatic rings. The molecule has 3 atom stereocenters. The van der Waals surface area contributed by atoms with Crippen molar-refractivity contribution in [3.63, 3.8) is 0 Å². The Bertz CT molecular complexity index is 1120. The Morgan fingerprint density at radius 1 is 1.27 bits per heavy atom.